The van der Waals surface area contributed by atoms with Gasteiger partial charge in [-0.15, -0.1) is 23.2 Å². The highest BCUT2D eigenvalue weighted by Gasteiger charge is 2.29. The lowest BCUT2D eigenvalue weighted by atomic mass is 10.0. The topological polar surface area (TPSA) is 26.3 Å². The number of carbonyl (C=O) groups is 1. The molecular weight excluding hydrogens is 306 g/mol. The van der Waals surface area contributed by atoms with Gasteiger partial charge in [-0.1, -0.05) is 23.2 Å². The predicted octanol–water partition coefficient (Wildman–Crippen LogP) is 4.44. The number of benzene rings is 1. The lowest BCUT2D eigenvalue weighted by molar-refractivity contribution is -0.144. The minimum absolute atomic E-state index is 0.254. The largest absolute Gasteiger partial charge is 0.465 e. The van der Waals surface area contributed by atoms with Gasteiger partial charge in [0.15, 0.2) is 0 Å². The molecule has 0 heterocycles. The highest BCUT2D eigenvalue weighted by molar-refractivity contribution is 6.46. The fourth-order valence-corrected chi connectivity index (χ4v) is 2.41. The molecule has 0 aliphatic carbocycles. The normalized spacial score (nSPS) is 12.6. The van der Waals surface area contributed by atoms with Crippen LogP contribution in [-0.2, 0) is 9.53 Å². The number of hydrogen-bond acceptors (Lipinski definition) is 2. The van der Waals surface area contributed by atoms with Crippen molar-refractivity contribution in [3.05, 3.63) is 33.8 Å². The zero-order valence-corrected chi connectivity index (χ0v) is 11.9. The van der Waals surface area contributed by atoms with Gasteiger partial charge in [-0.05, 0) is 30.7 Å². The molecule has 0 aliphatic rings. The number of hydrogen-bond donors (Lipinski definition) is 0. The molecule has 1 rings (SSSR count). The molecule has 0 aromatic heterocycles. The Kier molecular flexibility index (Phi) is 5.87. The van der Waals surface area contributed by atoms with Gasteiger partial charge in [0.25, 0.3) is 0 Å². The summed E-state index contributed by atoms with van der Waals surface area (Å²) in [6.07, 6.45) is 0. The fourth-order valence-electron chi connectivity index (χ4n) is 1.37. The first-order chi connectivity index (χ1) is 7.95. The SMILES string of the molecule is CCOC(=O)C(c1cc(Cl)cc(Cl)c1)C(Cl)Cl. The highest BCUT2D eigenvalue weighted by atomic mass is 35.5. The Morgan fingerprint density at radius 3 is 2.18 bits per heavy atom. The van der Waals surface area contributed by atoms with Gasteiger partial charge in [0, 0.05) is 10.0 Å². The second-order valence-corrected chi connectivity index (χ2v) is 5.30. The lowest BCUT2D eigenvalue weighted by Gasteiger charge is -2.17. The summed E-state index contributed by atoms with van der Waals surface area (Å²) in [5, 5.41) is 0.826. The first-order valence-corrected chi connectivity index (χ1v) is 6.49. The van der Waals surface area contributed by atoms with Crippen LogP contribution >= 0.6 is 46.4 Å². The van der Waals surface area contributed by atoms with E-state index in [1.807, 2.05) is 0 Å². The highest BCUT2D eigenvalue weighted by Crippen LogP contribution is 2.31. The standard InChI is InChI=1S/C11H10Cl4O2/c1-2-17-11(16)9(10(14)15)6-3-7(12)5-8(13)4-6/h3-5,9-10H,2H2,1H3. The van der Waals surface area contributed by atoms with Crippen LogP contribution in [0.2, 0.25) is 10.0 Å². The van der Waals surface area contributed by atoms with Gasteiger partial charge in [-0.2, -0.15) is 0 Å². The molecule has 2 nitrogen and oxygen atoms in total. The van der Waals surface area contributed by atoms with E-state index in [1.165, 1.54) is 0 Å². The Hall–Kier alpha value is -0.150. The van der Waals surface area contributed by atoms with Crippen LogP contribution in [0.1, 0.15) is 18.4 Å². The van der Waals surface area contributed by atoms with E-state index < -0.39 is 16.7 Å². The smallest absolute Gasteiger partial charge is 0.316 e. The van der Waals surface area contributed by atoms with Crippen molar-refractivity contribution < 1.29 is 9.53 Å². The third kappa shape index (κ3) is 4.22. The molecule has 0 aliphatic heterocycles. The van der Waals surface area contributed by atoms with Gasteiger partial charge in [0.2, 0.25) is 0 Å². The van der Waals surface area contributed by atoms with Crippen LogP contribution in [0.4, 0.5) is 0 Å². The van der Waals surface area contributed by atoms with Gasteiger partial charge < -0.3 is 4.74 Å². The van der Waals surface area contributed by atoms with E-state index >= 15 is 0 Å². The number of rotatable bonds is 4. The average molecular weight is 316 g/mol. The van der Waals surface area contributed by atoms with Gasteiger partial charge >= 0.3 is 5.97 Å². The molecular formula is C11H10Cl4O2. The number of esters is 1. The molecule has 0 fully saturated rings. The third-order valence-corrected chi connectivity index (χ3v) is 2.98. The average Bonchev–Trinajstić information content (AvgIpc) is 2.15. The van der Waals surface area contributed by atoms with Crippen molar-refractivity contribution >= 4 is 52.4 Å². The van der Waals surface area contributed by atoms with Crippen molar-refractivity contribution in [1.29, 1.82) is 0 Å². The molecule has 94 valence electrons. The third-order valence-electron chi connectivity index (χ3n) is 2.04. The second kappa shape index (κ2) is 6.69. The monoisotopic (exact) mass is 314 g/mol. The van der Waals surface area contributed by atoms with E-state index in [0.717, 1.165) is 0 Å². The molecule has 1 unspecified atom stereocenters. The van der Waals surface area contributed by atoms with Gasteiger partial charge in [-0.25, -0.2) is 0 Å². The van der Waals surface area contributed by atoms with Crippen LogP contribution < -0.4 is 0 Å². The number of carbonyl (C=O) groups excluding carboxylic acids is 1. The minimum Gasteiger partial charge on any atom is -0.465 e. The van der Waals surface area contributed by atoms with E-state index in [2.05, 4.69) is 0 Å². The summed E-state index contributed by atoms with van der Waals surface area (Å²) in [7, 11) is 0. The molecule has 0 N–H and O–H groups in total. The Morgan fingerprint density at radius 1 is 1.24 bits per heavy atom. The number of ether oxygens (including phenoxy) is 1. The van der Waals surface area contributed by atoms with Gasteiger partial charge in [0.05, 0.1) is 6.61 Å². The summed E-state index contributed by atoms with van der Waals surface area (Å²) in [6, 6.07) is 4.74. The maximum Gasteiger partial charge on any atom is 0.316 e. The molecule has 0 spiro atoms. The van der Waals surface area contributed by atoms with E-state index in [4.69, 9.17) is 51.1 Å². The van der Waals surface area contributed by atoms with Crippen molar-refractivity contribution in [1.82, 2.24) is 0 Å². The summed E-state index contributed by atoms with van der Waals surface area (Å²) in [4.78, 5) is 10.8. The summed E-state index contributed by atoms with van der Waals surface area (Å²) >= 11 is 23.3. The molecule has 0 radical (unpaired) electrons. The van der Waals surface area contributed by atoms with E-state index in [9.17, 15) is 4.79 Å². The van der Waals surface area contributed by atoms with E-state index in [1.54, 1.807) is 25.1 Å². The second-order valence-electron chi connectivity index (χ2n) is 3.27. The Bertz CT molecular complexity index is 386. The molecule has 0 amide bonds. The molecule has 0 saturated heterocycles. The fraction of sp³-hybridized carbons (Fsp3) is 0.364. The zero-order chi connectivity index (χ0) is 13.0. The molecule has 1 aromatic rings. The van der Waals surface area contributed by atoms with Crippen molar-refractivity contribution in [3.8, 4) is 0 Å². The van der Waals surface area contributed by atoms with Crippen molar-refractivity contribution in [3.63, 3.8) is 0 Å². The maximum atomic E-state index is 11.7. The first-order valence-electron chi connectivity index (χ1n) is 4.86. The Labute approximate surface area is 120 Å². The van der Waals surface area contributed by atoms with Crippen molar-refractivity contribution in [2.45, 2.75) is 17.7 Å². The van der Waals surface area contributed by atoms with E-state index in [0.29, 0.717) is 15.6 Å². The van der Waals surface area contributed by atoms with Crippen molar-refractivity contribution in [2.75, 3.05) is 6.61 Å². The Morgan fingerprint density at radius 2 is 1.76 bits per heavy atom. The van der Waals surface area contributed by atoms with E-state index in [-0.39, 0.29) is 6.61 Å². The van der Waals surface area contributed by atoms with Crippen LogP contribution in [0.15, 0.2) is 18.2 Å². The molecule has 0 bridgehead atoms. The lowest BCUT2D eigenvalue weighted by Crippen LogP contribution is -2.21. The molecule has 1 atom stereocenters. The molecule has 17 heavy (non-hydrogen) atoms. The van der Waals surface area contributed by atoms with Crippen LogP contribution in [0.3, 0.4) is 0 Å². The van der Waals surface area contributed by atoms with Gasteiger partial charge in [0.1, 0.15) is 10.8 Å². The van der Waals surface area contributed by atoms with Gasteiger partial charge in [-0.3, -0.25) is 4.79 Å². The molecule has 0 saturated carbocycles. The molecule has 1 aromatic carbocycles. The summed E-state index contributed by atoms with van der Waals surface area (Å²) in [5.74, 6) is -1.30. The van der Waals surface area contributed by atoms with Crippen LogP contribution in [0.5, 0.6) is 0 Å². The van der Waals surface area contributed by atoms with Crippen LogP contribution in [0.25, 0.3) is 0 Å². The predicted molar refractivity (Wildman–Crippen MR) is 71.3 cm³/mol. The number of alkyl halides is 2. The first kappa shape index (κ1) is 14.9. The quantitative estimate of drug-likeness (QED) is 0.606. The summed E-state index contributed by atoms with van der Waals surface area (Å²) in [5.41, 5.74) is 0.538. The summed E-state index contributed by atoms with van der Waals surface area (Å²) < 4.78 is 4.91. The Balaban J connectivity index is 3.09. The van der Waals surface area contributed by atoms with Crippen molar-refractivity contribution in [2.24, 2.45) is 0 Å². The van der Waals surface area contributed by atoms with Crippen LogP contribution in [-0.4, -0.2) is 17.4 Å². The zero-order valence-electron chi connectivity index (χ0n) is 8.92. The summed E-state index contributed by atoms with van der Waals surface area (Å²) in [6.45, 7) is 1.96. The number of halogens is 4. The van der Waals surface area contributed by atoms with Crippen LogP contribution in [0, 0.1) is 0 Å². The maximum absolute atomic E-state index is 11.7. The molecule has 6 heteroatoms. The minimum atomic E-state index is -0.927.